The Morgan fingerprint density at radius 1 is 0.842 bits per heavy atom. The molecule has 0 spiro atoms. The van der Waals surface area contributed by atoms with Gasteiger partial charge in [-0.25, -0.2) is 0 Å². The van der Waals surface area contributed by atoms with E-state index in [1.54, 1.807) is 19.9 Å². The second kappa shape index (κ2) is 15.3. The van der Waals surface area contributed by atoms with Crippen molar-refractivity contribution in [2.24, 2.45) is 0 Å². The molecule has 0 saturated carbocycles. The maximum atomic E-state index is 10.9. The van der Waals surface area contributed by atoms with Gasteiger partial charge in [-0.3, -0.25) is 10.1 Å². The number of nitrogens with zero attached hydrogens (tertiary/aromatic N) is 3. The van der Waals surface area contributed by atoms with Crippen molar-refractivity contribution in [3.63, 3.8) is 0 Å². The molecule has 0 amide bonds. The standard InChI is InChI=1S/C11H10IN3O3.C11H12IN3O.CH4.2ClH.Sn/c1-5-10(6(2)18-14-5)7-3-8(12)11(13)9(4-7)15(16)17;1-5-10(6(2)16-15-5)7-3-8(12)11(14)9(13)4-7;;;;/h3-4H,13H2,1-2H3;3-4H,13-14H2,1-2H3;1H4;2*1H;/q;;;;;+2/p-2. The molecule has 2 aromatic heterocycles. The van der Waals surface area contributed by atoms with Gasteiger partial charge in [-0.05, 0) is 102 Å². The average Bonchev–Trinajstić information content (AvgIpc) is 3.34. The third kappa shape index (κ3) is 8.25. The van der Waals surface area contributed by atoms with Crippen molar-refractivity contribution >= 4 is 105 Å². The van der Waals surface area contributed by atoms with Crippen LogP contribution in [0.25, 0.3) is 22.3 Å². The van der Waals surface area contributed by atoms with E-state index in [2.05, 4.69) is 32.9 Å². The topological polar surface area (TPSA) is 173 Å². The first-order chi connectivity index (χ1) is 17.3. The molecule has 6 N–H and O–H groups in total. The summed E-state index contributed by atoms with van der Waals surface area (Å²) in [5, 5.41) is 18.7. The Hall–Kier alpha value is -1.50. The van der Waals surface area contributed by atoms with Crippen molar-refractivity contribution in [1.82, 2.24) is 10.3 Å². The third-order valence-corrected chi connectivity index (χ3v) is 6.90. The quantitative estimate of drug-likeness (QED) is 0.0623. The SMILES string of the molecule is C.Cc1noc(C)c1-c1cc(I)c(N)c([N+](=O)[O-])c1.Cc1noc(C)c1-c1cc(N)c(N)c(I)c1.[Cl][Sn][Cl]. The molecular formula is C23H26Cl2I2N6O4Sn. The van der Waals surface area contributed by atoms with E-state index in [1.165, 1.54) is 6.07 Å². The Balaban J connectivity index is 0.000000338. The number of rotatable bonds is 3. The van der Waals surface area contributed by atoms with Crippen LogP contribution in [0.2, 0.25) is 0 Å². The van der Waals surface area contributed by atoms with Crippen LogP contribution in [0.15, 0.2) is 33.3 Å². The first-order valence-corrected chi connectivity index (χ1v) is 19.6. The predicted octanol–water partition coefficient (Wildman–Crippen LogP) is 7.42. The normalized spacial score (nSPS) is 10.0. The van der Waals surface area contributed by atoms with Crippen molar-refractivity contribution in [1.29, 1.82) is 0 Å². The molecule has 0 atom stereocenters. The zero-order chi connectivity index (χ0) is 28.0. The van der Waals surface area contributed by atoms with E-state index in [1.807, 2.05) is 48.6 Å². The molecule has 0 aliphatic heterocycles. The van der Waals surface area contributed by atoms with E-state index in [4.69, 9.17) is 44.1 Å². The van der Waals surface area contributed by atoms with Gasteiger partial charge in [-0.1, -0.05) is 17.7 Å². The average molecular weight is 894 g/mol. The molecule has 0 unspecified atom stereocenters. The van der Waals surface area contributed by atoms with Crippen LogP contribution >= 0.6 is 63.0 Å². The number of aromatic nitrogens is 2. The van der Waals surface area contributed by atoms with Crippen LogP contribution in [0.4, 0.5) is 22.7 Å². The Labute approximate surface area is 265 Å². The molecule has 4 aromatic rings. The molecular weight excluding hydrogens is 868 g/mol. The summed E-state index contributed by atoms with van der Waals surface area (Å²) < 4.78 is 11.8. The molecule has 0 aliphatic rings. The molecule has 10 nitrogen and oxygen atoms in total. The minimum absolute atomic E-state index is 0. The number of nitro groups is 1. The molecule has 4 rings (SSSR count). The first kappa shape index (κ1) is 34.5. The van der Waals surface area contributed by atoms with Crippen molar-refractivity contribution in [2.75, 3.05) is 17.2 Å². The van der Waals surface area contributed by atoms with Crippen LogP contribution < -0.4 is 17.2 Å². The van der Waals surface area contributed by atoms with Crippen LogP contribution in [0, 0.1) is 44.9 Å². The van der Waals surface area contributed by atoms with Crippen LogP contribution in [-0.2, 0) is 0 Å². The van der Waals surface area contributed by atoms with E-state index >= 15 is 0 Å². The van der Waals surface area contributed by atoms with Gasteiger partial charge in [0.15, 0.2) is 0 Å². The van der Waals surface area contributed by atoms with Crippen molar-refractivity contribution in [3.8, 4) is 22.3 Å². The fourth-order valence-electron chi connectivity index (χ4n) is 3.47. The van der Waals surface area contributed by atoms with E-state index in [0.29, 0.717) is 32.0 Å². The summed E-state index contributed by atoms with van der Waals surface area (Å²) in [5.41, 5.74) is 23.6. The van der Waals surface area contributed by atoms with E-state index in [0.717, 1.165) is 31.7 Å². The number of nitro benzene ring substituents is 1. The summed E-state index contributed by atoms with van der Waals surface area (Å²) in [6, 6.07) is 7.07. The van der Waals surface area contributed by atoms with Crippen LogP contribution in [0.1, 0.15) is 30.3 Å². The fraction of sp³-hybridized carbons (Fsp3) is 0.217. The second-order valence-corrected chi connectivity index (χ2v) is 14.1. The molecule has 0 saturated heterocycles. The summed E-state index contributed by atoms with van der Waals surface area (Å²) >= 11 is 3.32. The van der Waals surface area contributed by atoms with Crippen LogP contribution in [-0.4, -0.2) is 34.1 Å². The second-order valence-electron chi connectivity index (χ2n) is 7.58. The van der Waals surface area contributed by atoms with Gasteiger partial charge in [0, 0.05) is 24.3 Å². The van der Waals surface area contributed by atoms with E-state index in [-0.39, 0.29) is 18.8 Å². The van der Waals surface area contributed by atoms with Gasteiger partial charge in [0.2, 0.25) is 0 Å². The summed E-state index contributed by atoms with van der Waals surface area (Å²) in [7, 11) is 9.87. The summed E-state index contributed by atoms with van der Waals surface area (Å²) in [6.07, 6.45) is 0. The number of aryl methyl sites for hydroxylation is 4. The van der Waals surface area contributed by atoms with E-state index in [9.17, 15) is 10.1 Å². The van der Waals surface area contributed by atoms with Gasteiger partial charge in [0.05, 0.1) is 27.7 Å². The van der Waals surface area contributed by atoms with Gasteiger partial charge in [0.1, 0.15) is 17.2 Å². The van der Waals surface area contributed by atoms with E-state index < -0.39 is 23.8 Å². The zero-order valence-corrected chi connectivity index (χ0v) is 28.7. The number of nitrogens with two attached hydrogens (primary N) is 3. The zero-order valence-electron chi connectivity index (χ0n) is 20.0. The number of halogens is 4. The molecule has 15 heteroatoms. The molecule has 2 radical (unpaired) electrons. The number of anilines is 3. The summed E-state index contributed by atoms with van der Waals surface area (Å²) in [5.74, 6) is 1.42. The molecule has 2 aromatic carbocycles. The monoisotopic (exact) mass is 894 g/mol. The van der Waals surface area contributed by atoms with Gasteiger partial charge in [0.25, 0.3) is 5.69 Å². The molecule has 204 valence electrons. The molecule has 2 heterocycles. The van der Waals surface area contributed by atoms with Gasteiger partial charge < -0.3 is 26.2 Å². The Morgan fingerprint density at radius 3 is 1.58 bits per heavy atom. The van der Waals surface area contributed by atoms with Crippen molar-refractivity contribution in [2.45, 2.75) is 35.1 Å². The van der Waals surface area contributed by atoms with Gasteiger partial charge >= 0.3 is 36.7 Å². The number of hydrogen-bond acceptors (Lipinski definition) is 9. The van der Waals surface area contributed by atoms with Crippen molar-refractivity contribution in [3.05, 3.63) is 64.4 Å². The Morgan fingerprint density at radius 2 is 1.24 bits per heavy atom. The van der Waals surface area contributed by atoms with Gasteiger partial charge in [-0.2, -0.15) is 0 Å². The number of nitrogen functional groups attached to an aromatic ring is 3. The maximum absolute atomic E-state index is 10.9. The molecule has 38 heavy (non-hydrogen) atoms. The number of benzene rings is 2. The van der Waals surface area contributed by atoms with Crippen LogP contribution in [0.3, 0.4) is 0 Å². The number of hydrogen-bond donors (Lipinski definition) is 3. The first-order valence-electron chi connectivity index (χ1n) is 10.2. The molecule has 0 fully saturated rings. The summed E-state index contributed by atoms with van der Waals surface area (Å²) in [6.45, 7) is 7.35. The third-order valence-electron chi connectivity index (χ3n) is 5.11. The van der Waals surface area contributed by atoms with Crippen molar-refractivity contribution < 1.29 is 14.0 Å². The van der Waals surface area contributed by atoms with Crippen LogP contribution in [0.5, 0.6) is 0 Å². The molecule has 0 aliphatic carbocycles. The Kier molecular flexibility index (Phi) is 13.9. The summed E-state index contributed by atoms with van der Waals surface area (Å²) in [4.78, 5) is 10.5. The Bertz CT molecular complexity index is 1370. The molecule has 0 bridgehead atoms. The minimum atomic E-state index is -0.826. The van der Waals surface area contributed by atoms with Gasteiger partial charge in [-0.15, -0.1) is 0 Å². The predicted molar refractivity (Wildman–Crippen MR) is 172 cm³/mol. The fourth-order valence-corrected chi connectivity index (χ4v) is 4.73.